The molecule has 0 aromatic heterocycles. The van der Waals surface area contributed by atoms with Gasteiger partial charge in [-0.15, -0.1) is 0 Å². The van der Waals surface area contributed by atoms with Gasteiger partial charge < -0.3 is 19.9 Å². The van der Waals surface area contributed by atoms with Gasteiger partial charge in [0, 0.05) is 13.2 Å². The summed E-state index contributed by atoms with van der Waals surface area (Å²) in [5.74, 6) is 1.49. The number of nitrogens with one attached hydrogen (secondary N) is 1. The van der Waals surface area contributed by atoms with Crippen molar-refractivity contribution in [2.75, 3.05) is 26.9 Å². The molecule has 1 aromatic carbocycles. The highest BCUT2D eigenvalue weighted by molar-refractivity contribution is 9.10. The van der Waals surface area contributed by atoms with Crippen LogP contribution >= 0.6 is 15.9 Å². The highest BCUT2D eigenvalue weighted by atomic mass is 79.9. The molecule has 0 radical (unpaired) electrons. The van der Waals surface area contributed by atoms with Gasteiger partial charge in [-0.25, -0.2) is 0 Å². The molecule has 0 bridgehead atoms. The molecule has 0 saturated carbocycles. The fraction of sp³-hybridized carbons (Fsp3) is 0.571. The third kappa shape index (κ3) is 5.38. The van der Waals surface area contributed by atoms with Gasteiger partial charge >= 0.3 is 0 Å². The molecule has 0 aliphatic carbocycles. The second-order valence-electron chi connectivity index (χ2n) is 4.21. The van der Waals surface area contributed by atoms with E-state index in [1.807, 2.05) is 12.1 Å². The van der Waals surface area contributed by atoms with Gasteiger partial charge in [0.15, 0.2) is 11.5 Å². The Labute approximate surface area is 123 Å². The predicted molar refractivity (Wildman–Crippen MR) is 79.9 cm³/mol. The quantitative estimate of drug-likeness (QED) is 0.683. The molecular formula is C14H22BrNO3. The first-order valence-corrected chi connectivity index (χ1v) is 7.33. The lowest BCUT2D eigenvalue weighted by atomic mass is 10.2. The second kappa shape index (κ2) is 9.18. The van der Waals surface area contributed by atoms with E-state index in [4.69, 9.17) is 14.6 Å². The Morgan fingerprint density at radius 3 is 2.79 bits per heavy atom. The Balaban J connectivity index is 2.71. The van der Waals surface area contributed by atoms with E-state index in [2.05, 4.69) is 28.2 Å². The van der Waals surface area contributed by atoms with Crippen molar-refractivity contribution in [1.82, 2.24) is 5.32 Å². The number of benzene rings is 1. The van der Waals surface area contributed by atoms with Crippen molar-refractivity contribution in [1.29, 1.82) is 0 Å². The number of hydrogen-bond acceptors (Lipinski definition) is 4. The number of ether oxygens (including phenoxy) is 2. The molecule has 0 saturated heterocycles. The van der Waals surface area contributed by atoms with Crippen molar-refractivity contribution in [3.05, 3.63) is 22.2 Å². The highest BCUT2D eigenvalue weighted by Gasteiger charge is 2.11. The van der Waals surface area contributed by atoms with Crippen LogP contribution in [0.25, 0.3) is 0 Å². The molecule has 0 fully saturated rings. The summed E-state index contributed by atoms with van der Waals surface area (Å²) < 4.78 is 12.0. The Bertz CT molecular complexity index is 385. The van der Waals surface area contributed by atoms with Crippen LogP contribution in [0.4, 0.5) is 0 Å². The van der Waals surface area contributed by atoms with Gasteiger partial charge in [0.25, 0.3) is 0 Å². The molecule has 0 unspecified atom stereocenters. The minimum atomic E-state index is 0.212. The molecule has 19 heavy (non-hydrogen) atoms. The molecule has 0 atom stereocenters. The number of rotatable bonds is 9. The van der Waals surface area contributed by atoms with Crippen LogP contribution in [0, 0.1) is 0 Å². The summed E-state index contributed by atoms with van der Waals surface area (Å²) in [6.07, 6.45) is 1.72. The maximum absolute atomic E-state index is 8.72. The van der Waals surface area contributed by atoms with E-state index < -0.39 is 0 Å². The van der Waals surface area contributed by atoms with Gasteiger partial charge in [0.05, 0.1) is 18.2 Å². The largest absolute Gasteiger partial charge is 0.493 e. The zero-order chi connectivity index (χ0) is 14.1. The standard InChI is InChI=1S/C14H22BrNO3/c1-3-7-19-14-12(15)8-11(9-13(14)18-2)10-16-5-4-6-17/h8-9,16-17H,3-7,10H2,1-2H3. The second-order valence-corrected chi connectivity index (χ2v) is 5.07. The molecule has 5 heteroatoms. The third-order valence-electron chi connectivity index (χ3n) is 2.58. The lowest BCUT2D eigenvalue weighted by Crippen LogP contribution is -2.15. The first kappa shape index (κ1) is 16.3. The summed E-state index contributed by atoms with van der Waals surface area (Å²) in [7, 11) is 1.64. The molecule has 4 nitrogen and oxygen atoms in total. The summed E-state index contributed by atoms with van der Waals surface area (Å²) >= 11 is 3.52. The van der Waals surface area contributed by atoms with Crippen molar-refractivity contribution >= 4 is 15.9 Å². The maximum Gasteiger partial charge on any atom is 0.175 e. The molecular weight excluding hydrogens is 310 g/mol. The van der Waals surface area contributed by atoms with Crippen molar-refractivity contribution in [2.24, 2.45) is 0 Å². The first-order valence-electron chi connectivity index (χ1n) is 6.53. The van der Waals surface area contributed by atoms with E-state index in [-0.39, 0.29) is 6.61 Å². The van der Waals surface area contributed by atoms with E-state index >= 15 is 0 Å². The first-order chi connectivity index (χ1) is 9.22. The van der Waals surface area contributed by atoms with E-state index in [1.165, 1.54) is 0 Å². The molecule has 0 aliphatic rings. The van der Waals surface area contributed by atoms with E-state index in [0.29, 0.717) is 6.61 Å². The number of aliphatic hydroxyl groups excluding tert-OH is 1. The lowest BCUT2D eigenvalue weighted by molar-refractivity contribution is 0.286. The SMILES string of the molecule is CCCOc1c(Br)cc(CNCCCO)cc1OC. The maximum atomic E-state index is 8.72. The molecule has 108 valence electrons. The van der Waals surface area contributed by atoms with E-state index in [9.17, 15) is 0 Å². The average molecular weight is 332 g/mol. The smallest absolute Gasteiger partial charge is 0.175 e. The molecule has 1 rings (SSSR count). The summed E-state index contributed by atoms with van der Waals surface area (Å²) in [6.45, 7) is 4.49. The van der Waals surface area contributed by atoms with Gasteiger partial charge in [-0.05, 0) is 53.0 Å². The summed E-state index contributed by atoms with van der Waals surface area (Å²) in [6, 6.07) is 4.00. The van der Waals surface area contributed by atoms with Crippen LogP contribution in [0.2, 0.25) is 0 Å². The van der Waals surface area contributed by atoms with Crippen LogP contribution in [0.15, 0.2) is 16.6 Å². The Morgan fingerprint density at radius 2 is 2.16 bits per heavy atom. The van der Waals surface area contributed by atoms with Crippen LogP contribution < -0.4 is 14.8 Å². The molecule has 0 heterocycles. The van der Waals surface area contributed by atoms with Gasteiger partial charge in [-0.1, -0.05) is 6.92 Å². The highest BCUT2D eigenvalue weighted by Crippen LogP contribution is 2.36. The van der Waals surface area contributed by atoms with Gasteiger partial charge in [-0.3, -0.25) is 0 Å². The fourth-order valence-corrected chi connectivity index (χ4v) is 2.26. The lowest BCUT2D eigenvalue weighted by Gasteiger charge is -2.14. The normalized spacial score (nSPS) is 10.5. The number of methoxy groups -OCH3 is 1. The van der Waals surface area contributed by atoms with Crippen molar-refractivity contribution in [3.8, 4) is 11.5 Å². The molecule has 0 amide bonds. The number of hydrogen-bond donors (Lipinski definition) is 2. The van der Waals surface area contributed by atoms with Crippen molar-refractivity contribution < 1.29 is 14.6 Å². The number of aliphatic hydroxyl groups is 1. The summed E-state index contributed by atoms with van der Waals surface area (Å²) in [4.78, 5) is 0. The molecule has 1 aromatic rings. The van der Waals surface area contributed by atoms with Crippen LogP contribution in [0.5, 0.6) is 11.5 Å². The topological polar surface area (TPSA) is 50.7 Å². The van der Waals surface area contributed by atoms with Gasteiger partial charge in [0.1, 0.15) is 0 Å². The number of halogens is 1. The van der Waals surface area contributed by atoms with Gasteiger partial charge in [-0.2, -0.15) is 0 Å². The van der Waals surface area contributed by atoms with Crippen molar-refractivity contribution in [2.45, 2.75) is 26.3 Å². The van der Waals surface area contributed by atoms with Gasteiger partial charge in [0.2, 0.25) is 0 Å². The Kier molecular flexibility index (Phi) is 7.86. The van der Waals surface area contributed by atoms with E-state index in [1.54, 1.807) is 7.11 Å². The Morgan fingerprint density at radius 1 is 1.37 bits per heavy atom. The van der Waals surface area contributed by atoms with Crippen LogP contribution in [-0.4, -0.2) is 32.0 Å². The Hall–Kier alpha value is -0.780. The zero-order valence-electron chi connectivity index (χ0n) is 11.5. The average Bonchev–Trinajstić information content (AvgIpc) is 2.42. The fourth-order valence-electron chi connectivity index (χ4n) is 1.66. The van der Waals surface area contributed by atoms with Crippen LogP contribution in [-0.2, 0) is 6.54 Å². The monoisotopic (exact) mass is 331 g/mol. The minimum Gasteiger partial charge on any atom is -0.493 e. The van der Waals surface area contributed by atoms with E-state index in [0.717, 1.165) is 47.5 Å². The molecule has 0 aliphatic heterocycles. The molecule has 0 spiro atoms. The predicted octanol–water partition coefficient (Wildman–Crippen LogP) is 2.72. The summed E-state index contributed by atoms with van der Waals surface area (Å²) in [5.41, 5.74) is 1.12. The van der Waals surface area contributed by atoms with Crippen molar-refractivity contribution in [3.63, 3.8) is 0 Å². The third-order valence-corrected chi connectivity index (χ3v) is 3.17. The minimum absolute atomic E-state index is 0.212. The van der Waals surface area contributed by atoms with Crippen LogP contribution in [0.1, 0.15) is 25.3 Å². The zero-order valence-corrected chi connectivity index (χ0v) is 13.1. The van der Waals surface area contributed by atoms with Crippen LogP contribution in [0.3, 0.4) is 0 Å². The summed E-state index contributed by atoms with van der Waals surface area (Å²) in [5, 5.41) is 12.0. The molecule has 2 N–H and O–H groups in total.